The van der Waals surface area contributed by atoms with Gasteiger partial charge in [-0.2, -0.15) is 13.2 Å². The molecule has 0 fully saturated rings. The predicted octanol–water partition coefficient (Wildman–Crippen LogP) is 2.42. The van der Waals surface area contributed by atoms with Crippen LogP contribution in [0.15, 0.2) is 23.3 Å². The number of hydrogen-bond donors (Lipinski definition) is 2. The number of hydrogen-bond acceptors (Lipinski definition) is 4. The third-order valence-electron chi connectivity index (χ3n) is 2.57. The predicted molar refractivity (Wildman–Crippen MR) is 63.0 cm³/mol. The van der Waals surface area contributed by atoms with Gasteiger partial charge in [-0.3, -0.25) is 0 Å². The van der Waals surface area contributed by atoms with Crippen LogP contribution in [0.25, 0.3) is 10.4 Å². The van der Waals surface area contributed by atoms with Crippen molar-refractivity contribution >= 4 is 0 Å². The third-order valence-corrected chi connectivity index (χ3v) is 2.57. The second-order valence-corrected chi connectivity index (χ2v) is 3.88. The molecule has 1 aromatic rings. The van der Waals surface area contributed by atoms with Crippen molar-refractivity contribution in [2.45, 2.75) is 18.4 Å². The fourth-order valence-corrected chi connectivity index (χ4v) is 1.57. The van der Waals surface area contributed by atoms with E-state index in [-0.39, 0.29) is 5.56 Å². The van der Waals surface area contributed by atoms with E-state index in [9.17, 15) is 23.4 Å². The van der Waals surface area contributed by atoms with E-state index in [1.54, 1.807) is 0 Å². The lowest BCUT2D eigenvalue weighted by molar-refractivity contribution is -0.138. The fourth-order valence-electron chi connectivity index (χ4n) is 1.57. The van der Waals surface area contributed by atoms with Gasteiger partial charge in [0.25, 0.3) is 0 Å². The SMILES string of the molecule is COc1cc(C(O)C(O)CN=[N+]=[N-])ccc1C(F)(F)F. The van der Waals surface area contributed by atoms with E-state index in [0.29, 0.717) is 0 Å². The van der Waals surface area contributed by atoms with Gasteiger partial charge in [0.05, 0.1) is 25.3 Å². The molecular formula is C11H12F3N3O3. The molecule has 0 amide bonds. The molecule has 6 nitrogen and oxygen atoms in total. The number of rotatable bonds is 5. The molecule has 2 unspecified atom stereocenters. The van der Waals surface area contributed by atoms with Crippen LogP contribution in [0.3, 0.4) is 0 Å². The van der Waals surface area contributed by atoms with Gasteiger partial charge in [-0.25, -0.2) is 0 Å². The molecule has 0 saturated heterocycles. The van der Waals surface area contributed by atoms with E-state index in [1.807, 2.05) is 0 Å². The maximum absolute atomic E-state index is 12.6. The molecule has 9 heteroatoms. The summed E-state index contributed by atoms with van der Waals surface area (Å²) in [6, 6.07) is 2.75. The molecule has 0 aliphatic carbocycles. The number of ether oxygens (including phenoxy) is 1. The Kier molecular flexibility index (Phi) is 5.20. The minimum Gasteiger partial charge on any atom is -0.496 e. The molecule has 0 aromatic heterocycles. The monoisotopic (exact) mass is 291 g/mol. The third kappa shape index (κ3) is 3.77. The molecule has 0 saturated carbocycles. The van der Waals surface area contributed by atoms with Crippen molar-refractivity contribution in [3.8, 4) is 5.75 Å². The Morgan fingerprint density at radius 3 is 2.55 bits per heavy atom. The fraction of sp³-hybridized carbons (Fsp3) is 0.455. The van der Waals surface area contributed by atoms with Gasteiger partial charge in [-0.15, -0.1) is 0 Å². The van der Waals surface area contributed by atoms with Crippen molar-refractivity contribution in [2.75, 3.05) is 13.7 Å². The summed E-state index contributed by atoms with van der Waals surface area (Å²) < 4.78 is 42.6. The Balaban J connectivity index is 3.06. The average molecular weight is 291 g/mol. The van der Waals surface area contributed by atoms with Crippen molar-refractivity contribution in [1.29, 1.82) is 0 Å². The zero-order valence-electron chi connectivity index (χ0n) is 10.4. The van der Waals surface area contributed by atoms with E-state index in [1.165, 1.54) is 0 Å². The Morgan fingerprint density at radius 1 is 1.40 bits per heavy atom. The number of methoxy groups -OCH3 is 1. The maximum atomic E-state index is 12.6. The van der Waals surface area contributed by atoms with Gasteiger partial charge in [0.15, 0.2) is 0 Å². The number of aliphatic hydroxyl groups excluding tert-OH is 2. The normalized spacial score (nSPS) is 14.3. The molecule has 0 aliphatic rings. The number of aliphatic hydroxyl groups is 2. The van der Waals surface area contributed by atoms with E-state index < -0.39 is 36.2 Å². The van der Waals surface area contributed by atoms with E-state index in [2.05, 4.69) is 14.8 Å². The van der Waals surface area contributed by atoms with E-state index in [0.717, 1.165) is 25.3 Å². The van der Waals surface area contributed by atoms with Crippen molar-refractivity contribution in [3.63, 3.8) is 0 Å². The first-order chi connectivity index (χ1) is 9.31. The summed E-state index contributed by atoms with van der Waals surface area (Å²) >= 11 is 0. The maximum Gasteiger partial charge on any atom is 0.419 e. The molecule has 1 aromatic carbocycles. The zero-order valence-corrected chi connectivity index (χ0v) is 10.4. The van der Waals surface area contributed by atoms with E-state index >= 15 is 0 Å². The standard InChI is InChI=1S/C11H12F3N3O3/c1-20-9-4-6(2-3-7(9)11(12,13)14)10(19)8(18)5-16-17-15/h2-4,8,10,18-19H,5H2,1H3. The molecule has 0 radical (unpaired) electrons. The molecule has 1 rings (SSSR count). The molecule has 20 heavy (non-hydrogen) atoms. The minimum absolute atomic E-state index is 0.0236. The summed E-state index contributed by atoms with van der Waals surface area (Å²) in [5, 5.41) is 22.4. The highest BCUT2D eigenvalue weighted by Crippen LogP contribution is 2.37. The summed E-state index contributed by atoms with van der Waals surface area (Å²) in [5.41, 5.74) is 7.13. The van der Waals surface area contributed by atoms with E-state index in [4.69, 9.17) is 5.53 Å². The zero-order chi connectivity index (χ0) is 15.3. The van der Waals surface area contributed by atoms with Gasteiger partial charge < -0.3 is 14.9 Å². The van der Waals surface area contributed by atoms with Gasteiger partial charge >= 0.3 is 6.18 Å². The Hall–Kier alpha value is -1.96. The van der Waals surface area contributed by atoms with Crippen LogP contribution < -0.4 is 4.74 Å². The number of alkyl halides is 3. The number of nitrogens with zero attached hydrogens (tertiary/aromatic N) is 3. The van der Waals surface area contributed by atoms with Crippen LogP contribution >= 0.6 is 0 Å². The average Bonchev–Trinajstić information content (AvgIpc) is 2.42. The molecule has 2 N–H and O–H groups in total. The van der Waals surface area contributed by atoms with Crippen molar-refractivity contribution in [1.82, 2.24) is 0 Å². The number of benzene rings is 1. The second kappa shape index (κ2) is 6.47. The topological polar surface area (TPSA) is 98.5 Å². The molecule has 0 aliphatic heterocycles. The first kappa shape index (κ1) is 16.1. The molecule has 0 spiro atoms. The van der Waals surface area contributed by atoms with Gasteiger partial charge in [-0.1, -0.05) is 11.2 Å². The van der Waals surface area contributed by atoms with Gasteiger partial charge in [0.2, 0.25) is 0 Å². The first-order valence-corrected chi connectivity index (χ1v) is 5.43. The minimum atomic E-state index is -4.58. The molecule has 110 valence electrons. The summed E-state index contributed by atoms with van der Waals surface area (Å²) in [6.07, 6.45) is -7.50. The van der Waals surface area contributed by atoms with Crippen LogP contribution in [0.2, 0.25) is 0 Å². The highest BCUT2D eigenvalue weighted by Gasteiger charge is 2.34. The van der Waals surface area contributed by atoms with Crippen molar-refractivity contribution in [3.05, 3.63) is 39.8 Å². The van der Waals surface area contributed by atoms with Crippen LogP contribution in [0.5, 0.6) is 5.75 Å². The quantitative estimate of drug-likeness (QED) is 0.495. The Bertz CT molecular complexity index is 515. The summed E-state index contributed by atoms with van der Waals surface area (Å²) in [7, 11) is 1.07. The van der Waals surface area contributed by atoms with Crippen molar-refractivity contribution < 1.29 is 28.1 Å². The largest absolute Gasteiger partial charge is 0.496 e. The molecule has 2 atom stereocenters. The highest BCUT2D eigenvalue weighted by atomic mass is 19.4. The van der Waals surface area contributed by atoms with Crippen LogP contribution in [0, 0.1) is 0 Å². The van der Waals surface area contributed by atoms with Gasteiger partial charge in [0.1, 0.15) is 11.9 Å². The van der Waals surface area contributed by atoms with Gasteiger partial charge in [0, 0.05) is 4.91 Å². The Labute approximate surface area is 112 Å². The lowest BCUT2D eigenvalue weighted by atomic mass is 10.0. The second-order valence-electron chi connectivity index (χ2n) is 3.88. The van der Waals surface area contributed by atoms with Crippen LogP contribution in [0.1, 0.15) is 17.2 Å². The number of halogens is 3. The lowest BCUT2D eigenvalue weighted by Crippen LogP contribution is -2.21. The smallest absolute Gasteiger partial charge is 0.419 e. The van der Waals surface area contributed by atoms with Crippen LogP contribution in [-0.2, 0) is 6.18 Å². The summed E-state index contributed by atoms with van der Waals surface area (Å²) in [5.74, 6) is -0.468. The van der Waals surface area contributed by atoms with Crippen LogP contribution in [-0.4, -0.2) is 30.0 Å². The molecule has 0 bridgehead atoms. The molecule has 0 heterocycles. The first-order valence-electron chi connectivity index (χ1n) is 5.43. The van der Waals surface area contributed by atoms with Crippen molar-refractivity contribution in [2.24, 2.45) is 5.11 Å². The molecular weight excluding hydrogens is 279 g/mol. The Morgan fingerprint density at radius 2 is 2.05 bits per heavy atom. The number of azide groups is 1. The lowest BCUT2D eigenvalue weighted by Gasteiger charge is -2.19. The summed E-state index contributed by atoms with van der Waals surface area (Å²) in [6.45, 7) is -0.402. The summed E-state index contributed by atoms with van der Waals surface area (Å²) in [4.78, 5) is 2.41. The highest BCUT2D eigenvalue weighted by molar-refractivity contribution is 5.40. The van der Waals surface area contributed by atoms with Gasteiger partial charge in [-0.05, 0) is 23.2 Å². The van der Waals surface area contributed by atoms with Crippen LogP contribution in [0.4, 0.5) is 13.2 Å².